The highest BCUT2D eigenvalue weighted by Crippen LogP contribution is 2.41. The minimum Gasteiger partial charge on any atom is -0.369 e. The molecule has 1 aromatic rings. The van der Waals surface area contributed by atoms with Crippen LogP contribution in [-0.2, 0) is 0 Å². The fourth-order valence-corrected chi connectivity index (χ4v) is 2.69. The van der Waals surface area contributed by atoms with E-state index in [0.29, 0.717) is 6.04 Å². The van der Waals surface area contributed by atoms with E-state index in [-0.39, 0.29) is 0 Å². The van der Waals surface area contributed by atoms with E-state index >= 15 is 0 Å². The summed E-state index contributed by atoms with van der Waals surface area (Å²) in [6, 6.07) is 9.46. The fourth-order valence-electron chi connectivity index (χ4n) is 2.69. The van der Waals surface area contributed by atoms with E-state index in [1.54, 1.807) is 0 Å². The van der Waals surface area contributed by atoms with Crippen molar-refractivity contribution in [2.45, 2.75) is 12.0 Å². The van der Waals surface area contributed by atoms with Crippen molar-refractivity contribution >= 4 is 5.69 Å². The van der Waals surface area contributed by atoms with Gasteiger partial charge in [0.1, 0.15) is 0 Å². The van der Waals surface area contributed by atoms with Crippen molar-refractivity contribution in [3.05, 3.63) is 29.8 Å². The number of fused-ring (bicyclic) bond motifs is 3. The maximum absolute atomic E-state index is 3.45. The van der Waals surface area contributed by atoms with Gasteiger partial charge in [0, 0.05) is 37.8 Å². The number of hydrogen-bond acceptors (Lipinski definition) is 2. The molecule has 0 saturated carbocycles. The zero-order chi connectivity index (χ0) is 8.84. The summed E-state index contributed by atoms with van der Waals surface area (Å²) in [6.07, 6.45) is 0. The van der Waals surface area contributed by atoms with Crippen LogP contribution in [0.1, 0.15) is 11.5 Å². The summed E-state index contributed by atoms with van der Waals surface area (Å²) in [4.78, 5) is 2.42. The van der Waals surface area contributed by atoms with Crippen LogP contribution in [0.4, 0.5) is 5.69 Å². The average molecular weight is 174 g/mol. The third-order valence-corrected chi connectivity index (χ3v) is 3.40. The lowest BCUT2D eigenvalue weighted by molar-refractivity contribution is 0.663. The van der Waals surface area contributed by atoms with Gasteiger partial charge in [-0.3, -0.25) is 0 Å². The second-order valence-electron chi connectivity index (χ2n) is 4.00. The smallest absolute Gasteiger partial charge is 0.0492 e. The minimum absolute atomic E-state index is 0.692. The zero-order valence-electron chi connectivity index (χ0n) is 7.83. The van der Waals surface area contributed by atoms with E-state index in [9.17, 15) is 0 Å². The van der Waals surface area contributed by atoms with Gasteiger partial charge < -0.3 is 10.2 Å². The lowest BCUT2D eigenvalue weighted by Gasteiger charge is -2.20. The second-order valence-corrected chi connectivity index (χ2v) is 4.00. The van der Waals surface area contributed by atoms with Gasteiger partial charge in [-0.1, -0.05) is 18.2 Å². The summed E-state index contributed by atoms with van der Waals surface area (Å²) in [5, 5.41) is 3.45. The quantitative estimate of drug-likeness (QED) is 0.635. The molecule has 1 aromatic carbocycles. The van der Waals surface area contributed by atoms with Gasteiger partial charge in [0.25, 0.3) is 0 Å². The van der Waals surface area contributed by atoms with Crippen LogP contribution in [0.3, 0.4) is 0 Å². The van der Waals surface area contributed by atoms with Gasteiger partial charge in [0.15, 0.2) is 0 Å². The highest BCUT2D eigenvalue weighted by atomic mass is 15.2. The first-order valence-corrected chi connectivity index (χ1v) is 4.90. The summed E-state index contributed by atoms with van der Waals surface area (Å²) in [5.41, 5.74) is 2.96. The van der Waals surface area contributed by atoms with Crippen LogP contribution in [-0.4, -0.2) is 26.2 Å². The Labute approximate surface area is 78.6 Å². The summed E-state index contributed by atoms with van der Waals surface area (Å²) < 4.78 is 0. The zero-order valence-corrected chi connectivity index (χ0v) is 7.83. The predicted octanol–water partition coefficient (Wildman–Crippen LogP) is 1.19. The maximum Gasteiger partial charge on any atom is 0.0492 e. The molecule has 1 fully saturated rings. The molecule has 2 atom stereocenters. The molecule has 13 heavy (non-hydrogen) atoms. The molecular formula is C11H14N2. The molecule has 0 aliphatic carbocycles. The Balaban J connectivity index is 2.13. The number of benzene rings is 1. The van der Waals surface area contributed by atoms with Gasteiger partial charge in [0.05, 0.1) is 0 Å². The highest BCUT2D eigenvalue weighted by Gasteiger charge is 2.38. The number of likely N-dealkylation sites (N-methyl/N-ethyl adjacent to an activating group) is 1. The van der Waals surface area contributed by atoms with Crippen LogP contribution in [0.15, 0.2) is 24.3 Å². The molecule has 0 bridgehead atoms. The molecule has 1 N–H and O–H groups in total. The Morgan fingerprint density at radius 2 is 2.15 bits per heavy atom. The van der Waals surface area contributed by atoms with Crippen LogP contribution in [0.5, 0.6) is 0 Å². The SMILES string of the molecule is CN1c2ccccc2C2CNCC21. The minimum atomic E-state index is 0.692. The van der Waals surface area contributed by atoms with Crippen molar-refractivity contribution in [2.24, 2.45) is 0 Å². The molecular weight excluding hydrogens is 160 g/mol. The topological polar surface area (TPSA) is 15.3 Å². The number of nitrogens with zero attached hydrogens (tertiary/aromatic N) is 1. The Hall–Kier alpha value is -1.02. The van der Waals surface area contributed by atoms with E-state index in [4.69, 9.17) is 0 Å². The normalized spacial score (nSPS) is 30.4. The fraction of sp³-hybridized carbons (Fsp3) is 0.455. The molecule has 0 radical (unpaired) electrons. The average Bonchev–Trinajstić information content (AvgIpc) is 2.72. The molecule has 2 heterocycles. The van der Waals surface area contributed by atoms with Gasteiger partial charge in [-0.25, -0.2) is 0 Å². The van der Waals surface area contributed by atoms with Gasteiger partial charge in [-0.05, 0) is 11.6 Å². The van der Waals surface area contributed by atoms with Crippen LogP contribution in [0, 0.1) is 0 Å². The van der Waals surface area contributed by atoms with Crippen LogP contribution in [0.2, 0.25) is 0 Å². The van der Waals surface area contributed by atoms with Gasteiger partial charge >= 0.3 is 0 Å². The molecule has 2 nitrogen and oxygen atoms in total. The molecule has 1 saturated heterocycles. The first-order chi connectivity index (χ1) is 6.38. The van der Waals surface area contributed by atoms with Crippen LogP contribution in [0.25, 0.3) is 0 Å². The summed E-state index contributed by atoms with van der Waals surface area (Å²) >= 11 is 0. The van der Waals surface area contributed by atoms with E-state index < -0.39 is 0 Å². The first-order valence-electron chi connectivity index (χ1n) is 4.90. The van der Waals surface area contributed by atoms with E-state index in [1.807, 2.05) is 0 Å². The Bertz CT molecular complexity index is 335. The van der Waals surface area contributed by atoms with E-state index in [1.165, 1.54) is 11.3 Å². The van der Waals surface area contributed by atoms with Crippen molar-refractivity contribution in [1.82, 2.24) is 5.32 Å². The molecule has 2 unspecified atom stereocenters. The van der Waals surface area contributed by atoms with Gasteiger partial charge in [-0.15, -0.1) is 0 Å². The lowest BCUT2D eigenvalue weighted by atomic mass is 9.98. The number of anilines is 1. The number of nitrogens with one attached hydrogen (secondary N) is 1. The van der Waals surface area contributed by atoms with Crippen molar-refractivity contribution in [2.75, 3.05) is 25.0 Å². The second kappa shape index (κ2) is 2.48. The Kier molecular flexibility index (Phi) is 1.41. The molecule has 2 aliphatic rings. The molecule has 0 amide bonds. The standard InChI is InChI=1S/C11H14N2/c1-13-10-5-3-2-4-8(10)9-6-12-7-11(9)13/h2-5,9,11-12H,6-7H2,1H3. The number of para-hydroxylation sites is 1. The van der Waals surface area contributed by atoms with Crippen molar-refractivity contribution in [3.63, 3.8) is 0 Å². The van der Waals surface area contributed by atoms with E-state index in [2.05, 4.69) is 41.5 Å². The maximum atomic E-state index is 3.45. The highest BCUT2D eigenvalue weighted by molar-refractivity contribution is 5.62. The van der Waals surface area contributed by atoms with Gasteiger partial charge in [0.2, 0.25) is 0 Å². The first kappa shape index (κ1) is 7.39. The largest absolute Gasteiger partial charge is 0.369 e. The lowest BCUT2D eigenvalue weighted by Crippen LogP contribution is -2.31. The molecule has 0 aromatic heterocycles. The van der Waals surface area contributed by atoms with E-state index in [0.717, 1.165) is 19.0 Å². The van der Waals surface area contributed by atoms with Crippen molar-refractivity contribution in [3.8, 4) is 0 Å². The summed E-state index contributed by atoms with van der Waals surface area (Å²) in [5.74, 6) is 0.723. The molecule has 2 aliphatic heterocycles. The monoisotopic (exact) mass is 174 g/mol. The number of hydrogen-bond donors (Lipinski definition) is 1. The van der Waals surface area contributed by atoms with Crippen LogP contribution < -0.4 is 10.2 Å². The third-order valence-electron chi connectivity index (χ3n) is 3.40. The Morgan fingerprint density at radius 3 is 3.08 bits per heavy atom. The molecule has 68 valence electrons. The van der Waals surface area contributed by atoms with Gasteiger partial charge in [-0.2, -0.15) is 0 Å². The number of rotatable bonds is 0. The summed E-state index contributed by atoms with van der Waals surface area (Å²) in [6.45, 7) is 2.28. The Morgan fingerprint density at radius 1 is 1.31 bits per heavy atom. The van der Waals surface area contributed by atoms with Crippen molar-refractivity contribution in [1.29, 1.82) is 0 Å². The predicted molar refractivity (Wildman–Crippen MR) is 54.2 cm³/mol. The molecule has 0 spiro atoms. The van der Waals surface area contributed by atoms with Crippen molar-refractivity contribution < 1.29 is 0 Å². The molecule has 3 rings (SSSR count). The summed E-state index contributed by atoms with van der Waals surface area (Å²) in [7, 11) is 2.20. The van der Waals surface area contributed by atoms with Crippen LogP contribution >= 0.6 is 0 Å². The molecule has 2 heteroatoms. The third kappa shape index (κ3) is 0.866.